The Morgan fingerprint density at radius 1 is 1.07 bits per heavy atom. The SMILES string of the molecule is CC[C@@]1(O)CCN(c2nnnn2Cc2ccc(-c3ccccc3)cc2)C[C@H]1O. The zero-order valence-electron chi connectivity index (χ0n) is 15.9. The van der Waals surface area contributed by atoms with Crippen LogP contribution in [0.1, 0.15) is 25.3 Å². The lowest BCUT2D eigenvalue weighted by molar-refractivity contribution is -0.0881. The van der Waals surface area contributed by atoms with Gasteiger partial charge in [-0.15, -0.1) is 0 Å². The summed E-state index contributed by atoms with van der Waals surface area (Å²) in [5.74, 6) is 0.615. The number of rotatable bonds is 5. The van der Waals surface area contributed by atoms with Crippen LogP contribution in [0.25, 0.3) is 11.1 Å². The number of hydrogen-bond acceptors (Lipinski definition) is 6. The van der Waals surface area contributed by atoms with E-state index in [9.17, 15) is 10.2 Å². The fourth-order valence-corrected chi connectivity index (χ4v) is 3.69. The van der Waals surface area contributed by atoms with Crippen LogP contribution in [-0.4, -0.2) is 55.2 Å². The van der Waals surface area contributed by atoms with E-state index >= 15 is 0 Å². The van der Waals surface area contributed by atoms with Crippen LogP contribution in [0.5, 0.6) is 0 Å². The fourth-order valence-electron chi connectivity index (χ4n) is 3.69. The summed E-state index contributed by atoms with van der Waals surface area (Å²) in [4.78, 5) is 1.94. The molecular weight excluding hydrogens is 354 g/mol. The molecule has 0 spiro atoms. The Hall–Kier alpha value is -2.77. The lowest BCUT2D eigenvalue weighted by Crippen LogP contribution is -2.55. The number of aromatic nitrogens is 4. The molecule has 4 rings (SSSR count). The summed E-state index contributed by atoms with van der Waals surface area (Å²) in [7, 11) is 0. The van der Waals surface area contributed by atoms with Crippen LogP contribution in [0.3, 0.4) is 0 Å². The number of tetrazole rings is 1. The number of hydrogen-bond donors (Lipinski definition) is 2. The van der Waals surface area contributed by atoms with E-state index in [1.165, 1.54) is 11.1 Å². The molecule has 1 aliphatic heterocycles. The molecule has 1 fully saturated rings. The van der Waals surface area contributed by atoms with Crippen LogP contribution in [-0.2, 0) is 6.54 Å². The molecular formula is C21H25N5O2. The lowest BCUT2D eigenvalue weighted by atomic mass is 9.86. The Morgan fingerprint density at radius 2 is 1.79 bits per heavy atom. The minimum atomic E-state index is -1.03. The molecule has 1 aromatic heterocycles. The van der Waals surface area contributed by atoms with Crippen LogP contribution in [0.15, 0.2) is 54.6 Å². The van der Waals surface area contributed by atoms with Gasteiger partial charge in [0.2, 0.25) is 5.95 Å². The van der Waals surface area contributed by atoms with Crippen LogP contribution >= 0.6 is 0 Å². The molecule has 7 heteroatoms. The minimum Gasteiger partial charge on any atom is -0.388 e. The van der Waals surface area contributed by atoms with Crippen molar-refractivity contribution in [2.75, 3.05) is 18.0 Å². The Morgan fingerprint density at radius 3 is 2.46 bits per heavy atom. The fraction of sp³-hybridized carbons (Fsp3) is 0.381. The van der Waals surface area contributed by atoms with E-state index in [1.807, 2.05) is 30.0 Å². The Kier molecular flexibility index (Phi) is 5.11. The third kappa shape index (κ3) is 3.63. The average molecular weight is 379 g/mol. The first kappa shape index (κ1) is 18.6. The van der Waals surface area contributed by atoms with Crippen molar-refractivity contribution >= 4 is 5.95 Å². The molecule has 2 heterocycles. The molecule has 0 bridgehead atoms. The zero-order valence-corrected chi connectivity index (χ0v) is 15.9. The van der Waals surface area contributed by atoms with Crippen molar-refractivity contribution in [1.29, 1.82) is 0 Å². The molecule has 146 valence electrons. The number of aliphatic hydroxyl groups excluding tert-OH is 1. The molecule has 1 aliphatic rings. The van der Waals surface area contributed by atoms with Crippen molar-refractivity contribution in [3.05, 3.63) is 60.2 Å². The maximum atomic E-state index is 10.5. The van der Waals surface area contributed by atoms with E-state index in [-0.39, 0.29) is 0 Å². The summed E-state index contributed by atoms with van der Waals surface area (Å²) < 4.78 is 1.74. The van der Waals surface area contributed by atoms with Gasteiger partial charge >= 0.3 is 0 Å². The Balaban J connectivity index is 1.48. The molecule has 3 aromatic rings. The largest absolute Gasteiger partial charge is 0.388 e. The molecule has 2 aromatic carbocycles. The van der Waals surface area contributed by atoms with Gasteiger partial charge in [0.05, 0.1) is 12.1 Å². The van der Waals surface area contributed by atoms with E-state index in [1.54, 1.807) is 4.68 Å². The normalized spacial score (nSPS) is 22.4. The van der Waals surface area contributed by atoms with Crippen LogP contribution < -0.4 is 4.90 Å². The molecule has 0 radical (unpaired) electrons. The smallest absolute Gasteiger partial charge is 0.245 e. The molecule has 28 heavy (non-hydrogen) atoms. The minimum absolute atomic E-state index is 0.317. The second kappa shape index (κ2) is 7.69. The van der Waals surface area contributed by atoms with E-state index in [0.29, 0.717) is 38.4 Å². The number of β-amino-alcohol motifs (C(OH)–C–C–N with tert-alkyl or cyclic N) is 1. The predicted octanol–water partition coefficient (Wildman–Crippen LogP) is 2.10. The highest BCUT2D eigenvalue weighted by Crippen LogP contribution is 2.28. The zero-order chi connectivity index (χ0) is 19.6. The van der Waals surface area contributed by atoms with E-state index < -0.39 is 11.7 Å². The third-order valence-corrected chi connectivity index (χ3v) is 5.63. The number of nitrogens with zero attached hydrogens (tertiary/aromatic N) is 5. The second-order valence-corrected chi connectivity index (χ2v) is 7.37. The van der Waals surface area contributed by atoms with Crippen molar-refractivity contribution in [2.24, 2.45) is 0 Å². The van der Waals surface area contributed by atoms with Gasteiger partial charge in [-0.25, -0.2) is 4.68 Å². The maximum Gasteiger partial charge on any atom is 0.245 e. The first-order chi connectivity index (χ1) is 13.6. The van der Waals surface area contributed by atoms with Crippen LogP contribution in [0.4, 0.5) is 5.95 Å². The summed E-state index contributed by atoms with van der Waals surface area (Å²) in [6, 6.07) is 18.6. The number of anilines is 1. The van der Waals surface area contributed by atoms with Gasteiger partial charge in [0.1, 0.15) is 6.10 Å². The van der Waals surface area contributed by atoms with Gasteiger partial charge in [0.15, 0.2) is 0 Å². The van der Waals surface area contributed by atoms with Gasteiger partial charge in [-0.2, -0.15) is 0 Å². The molecule has 0 unspecified atom stereocenters. The second-order valence-electron chi connectivity index (χ2n) is 7.37. The molecule has 0 saturated carbocycles. The van der Waals surface area contributed by atoms with Gasteiger partial charge < -0.3 is 15.1 Å². The summed E-state index contributed by atoms with van der Waals surface area (Å²) in [6.45, 7) is 3.36. The topological polar surface area (TPSA) is 87.3 Å². The van der Waals surface area contributed by atoms with Crippen molar-refractivity contribution < 1.29 is 10.2 Å². The summed E-state index contributed by atoms with van der Waals surface area (Å²) in [5.41, 5.74) is 2.42. The van der Waals surface area contributed by atoms with Crippen LogP contribution in [0.2, 0.25) is 0 Å². The predicted molar refractivity (Wildman–Crippen MR) is 107 cm³/mol. The van der Waals surface area contributed by atoms with Gasteiger partial charge in [0, 0.05) is 13.1 Å². The third-order valence-electron chi connectivity index (χ3n) is 5.63. The van der Waals surface area contributed by atoms with Crippen molar-refractivity contribution in [1.82, 2.24) is 20.2 Å². The van der Waals surface area contributed by atoms with Gasteiger partial charge in [-0.05, 0) is 40.0 Å². The van der Waals surface area contributed by atoms with E-state index in [0.717, 1.165) is 5.56 Å². The van der Waals surface area contributed by atoms with Gasteiger partial charge in [-0.1, -0.05) is 66.6 Å². The molecule has 2 N–H and O–H groups in total. The summed E-state index contributed by atoms with van der Waals surface area (Å²) in [6.07, 6.45) is 0.200. The monoisotopic (exact) mass is 379 g/mol. The number of piperidine rings is 1. The van der Waals surface area contributed by atoms with Crippen molar-refractivity contribution in [3.63, 3.8) is 0 Å². The highest BCUT2D eigenvalue weighted by atomic mass is 16.3. The average Bonchev–Trinajstić information content (AvgIpc) is 3.19. The first-order valence-electron chi connectivity index (χ1n) is 9.65. The number of benzene rings is 2. The molecule has 0 amide bonds. The molecule has 2 atom stereocenters. The Labute approximate surface area is 164 Å². The van der Waals surface area contributed by atoms with E-state index in [2.05, 4.69) is 51.9 Å². The molecule has 0 aliphatic carbocycles. The van der Waals surface area contributed by atoms with Gasteiger partial charge in [0.25, 0.3) is 0 Å². The Bertz CT molecular complexity index is 912. The maximum absolute atomic E-state index is 10.5. The van der Waals surface area contributed by atoms with Crippen molar-refractivity contribution in [2.45, 2.75) is 38.0 Å². The highest BCUT2D eigenvalue weighted by molar-refractivity contribution is 5.63. The first-order valence-corrected chi connectivity index (χ1v) is 9.65. The molecule has 1 saturated heterocycles. The van der Waals surface area contributed by atoms with Crippen LogP contribution in [0, 0.1) is 0 Å². The van der Waals surface area contributed by atoms with Crippen molar-refractivity contribution in [3.8, 4) is 11.1 Å². The summed E-state index contributed by atoms with van der Waals surface area (Å²) >= 11 is 0. The molecule has 7 nitrogen and oxygen atoms in total. The number of aliphatic hydroxyl groups is 2. The summed E-state index contributed by atoms with van der Waals surface area (Å²) in [5, 5.41) is 32.9. The highest BCUT2D eigenvalue weighted by Gasteiger charge is 2.40. The lowest BCUT2D eigenvalue weighted by Gasteiger charge is -2.41. The van der Waals surface area contributed by atoms with Gasteiger partial charge in [-0.3, -0.25) is 0 Å². The quantitative estimate of drug-likeness (QED) is 0.706. The van der Waals surface area contributed by atoms with E-state index in [4.69, 9.17) is 0 Å². The standard InChI is InChI=1S/C21H25N5O2/c1-2-21(28)12-13-25(15-19(21)27)20-22-23-24-26(20)14-16-8-10-18(11-9-16)17-6-4-3-5-7-17/h3-11,19,27-28H,2,12-15H2,1H3/t19-,21-/m1/s1.